The largest absolute Gasteiger partial charge is 0.493 e. The molecule has 0 unspecified atom stereocenters. The number of carbonyl (C=O) groups excluding carboxylic acids is 2. The van der Waals surface area contributed by atoms with Gasteiger partial charge in [-0.2, -0.15) is 0 Å². The summed E-state index contributed by atoms with van der Waals surface area (Å²) in [6, 6.07) is 12.8. The van der Waals surface area contributed by atoms with Gasteiger partial charge >= 0.3 is 0 Å². The fourth-order valence-electron chi connectivity index (χ4n) is 4.23. The molecule has 0 aliphatic carbocycles. The SMILES string of the molecule is COc1ccc(NC(=O)C2CCN(C(=O)c3ccoc3)CC2)cc1OCc1cn2ccccc2n1. The zero-order chi connectivity index (χ0) is 24.2. The summed E-state index contributed by atoms with van der Waals surface area (Å²) in [5, 5.41) is 2.98. The first-order valence-electron chi connectivity index (χ1n) is 11.5. The summed E-state index contributed by atoms with van der Waals surface area (Å²) in [6.07, 6.45) is 7.97. The van der Waals surface area contributed by atoms with Gasteiger partial charge in [0, 0.05) is 43.2 Å². The van der Waals surface area contributed by atoms with E-state index in [0.717, 1.165) is 11.3 Å². The van der Waals surface area contributed by atoms with Gasteiger partial charge in [0.15, 0.2) is 11.5 Å². The molecule has 5 rings (SSSR count). The predicted molar refractivity (Wildman–Crippen MR) is 128 cm³/mol. The molecule has 0 spiro atoms. The summed E-state index contributed by atoms with van der Waals surface area (Å²) in [7, 11) is 1.57. The molecule has 2 amide bonds. The molecule has 3 aromatic heterocycles. The van der Waals surface area contributed by atoms with Crippen LogP contribution in [-0.2, 0) is 11.4 Å². The van der Waals surface area contributed by atoms with E-state index in [4.69, 9.17) is 13.9 Å². The molecule has 0 bridgehead atoms. The Morgan fingerprint density at radius 1 is 1.14 bits per heavy atom. The quantitative estimate of drug-likeness (QED) is 0.435. The molecule has 4 heterocycles. The Morgan fingerprint density at radius 3 is 2.74 bits per heavy atom. The van der Waals surface area contributed by atoms with Crippen LogP contribution in [0.5, 0.6) is 11.5 Å². The van der Waals surface area contributed by atoms with Gasteiger partial charge in [-0.25, -0.2) is 4.98 Å². The van der Waals surface area contributed by atoms with Crippen LogP contribution in [0.25, 0.3) is 5.65 Å². The monoisotopic (exact) mass is 474 g/mol. The Labute approximate surface area is 202 Å². The summed E-state index contributed by atoms with van der Waals surface area (Å²) >= 11 is 0. The number of nitrogens with one attached hydrogen (secondary N) is 1. The minimum Gasteiger partial charge on any atom is -0.493 e. The molecule has 0 atom stereocenters. The van der Waals surface area contributed by atoms with E-state index in [1.54, 1.807) is 36.3 Å². The lowest BCUT2D eigenvalue weighted by Gasteiger charge is -2.31. The van der Waals surface area contributed by atoms with Gasteiger partial charge in [-0.15, -0.1) is 0 Å². The molecule has 4 aromatic rings. The molecule has 9 nitrogen and oxygen atoms in total. The second-order valence-electron chi connectivity index (χ2n) is 8.42. The van der Waals surface area contributed by atoms with Crippen LogP contribution in [0, 0.1) is 5.92 Å². The van der Waals surface area contributed by atoms with Crippen LogP contribution < -0.4 is 14.8 Å². The Morgan fingerprint density at radius 2 is 2.00 bits per heavy atom. The Balaban J connectivity index is 1.19. The Bertz CT molecular complexity index is 1290. The lowest BCUT2D eigenvalue weighted by molar-refractivity contribution is -0.121. The molecular weight excluding hydrogens is 448 g/mol. The van der Waals surface area contributed by atoms with Crippen molar-refractivity contribution in [1.29, 1.82) is 0 Å². The summed E-state index contributed by atoms with van der Waals surface area (Å²) in [5.74, 6) is 0.769. The molecular formula is C26H26N4O5. The summed E-state index contributed by atoms with van der Waals surface area (Å²) in [4.78, 5) is 31.7. The number of amides is 2. The number of rotatable bonds is 7. The van der Waals surface area contributed by atoms with Gasteiger partial charge in [-0.3, -0.25) is 9.59 Å². The molecule has 1 aliphatic heterocycles. The van der Waals surface area contributed by atoms with Crippen LogP contribution in [0.2, 0.25) is 0 Å². The standard InChI is InChI=1S/C26H26N4O5/c1-33-22-6-5-20(14-23(22)35-17-21-15-30-10-3-2-4-24(30)27-21)28-25(31)18-7-11-29(12-8-18)26(32)19-9-13-34-16-19/h2-6,9-10,13-16,18H,7-8,11-12,17H2,1H3,(H,28,31). The summed E-state index contributed by atoms with van der Waals surface area (Å²) < 4.78 is 18.3. The van der Waals surface area contributed by atoms with E-state index in [9.17, 15) is 9.59 Å². The molecule has 1 N–H and O–H groups in total. The van der Waals surface area contributed by atoms with Crippen LogP contribution >= 0.6 is 0 Å². The second kappa shape index (κ2) is 9.92. The average molecular weight is 475 g/mol. The van der Waals surface area contributed by atoms with Crippen molar-refractivity contribution in [3.63, 3.8) is 0 Å². The maximum Gasteiger partial charge on any atom is 0.257 e. The minimum atomic E-state index is -0.173. The number of furan rings is 1. The van der Waals surface area contributed by atoms with E-state index < -0.39 is 0 Å². The number of hydrogen-bond acceptors (Lipinski definition) is 6. The van der Waals surface area contributed by atoms with E-state index >= 15 is 0 Å². The van der Waals surface area contributed by atoms with Gasteiger partial charge in [-0.1, -0.05) is 6.07 Å². The van der Waals surface area contributed by atoms with Crippen LogP contribution in [0.4, 0.5) is 5.69 Å². The Hall–Kier alpha value is -4.27. The van der Waals surface area contributed by atoms with Crippen LogP contribution in [0.3, 0.4) is 0 Å². The number of piperidine rings is 1. The van der Waals surface area contributed by atoms with Gasteiger partial charge in [0.2, 0.25) is 5.91 Å². The van der Waals surface area contributed by atoms with Gasteiger partial charge in [0.25, 0.3) is 5.91 Å². The number of benzene rings is 1. The van der Waals surface area contributed by atoms with Crippen LogP contribution in [0.15, 0.2) is 71.8 Å². The second-order valence-corrected chi connectivity index (χ2v) is 8.42. The van der Waals surface area contributed by atoms with Crippen molar-refractivity contribution < 1.29 is 23.5 Å². The predicted octanol–water partition coefficient (Wildman–Crippen LogP) is 4.01. The number of anilines is 1. The highest BCUT2D eigenvalue weighted by molar-refractivity contribution is 5.95. The lowest BCUT2D eigenvalue weighted by Crippen LogP contribution is -2.41. The number of carbonyl (C=O) groups is 2. The summed E-state index contributed by atoms with van der Waals surface area (Å²) in [6.45, 7) is 1.31. The fraction of sp³-hybridized carbons (Fsp3) is 0.269. The van der Waals surface area contributed by atoms with Gasteiger partial charge in [0.1, 0.15) is 18.5 Å². The van der Waals surface area contributed by atoms with Gasteiger partial charge in [-0.05, 0) is 43.2 Å². The van der Waals surface area contributed by atoms with Gasteiger partial charge in [0.05, 0.1) is 24.6 Å². The van der Waals surface area contributed by atoms with E-state index in [1.807, 2.05) is 35.0 Å². The number of hydrogen-bond donors (Lipinski definition) is 1. The lowest BCUT2D eigenvalue weighted by atomic mass is 9.95. The van der Waals surface area contributed by atoms with Crippen molar-refractivity contribution >= 4 is 23.1 Å². The first kappa shape index (κ1) is 22.5. The topological polar surface area (TPSA) is 98.3 Å². The maximum absolute atomic E-state index is 12.9. The molecule has 0 saturated carbocycles. The average Bonchev–Trinajstić information content (AvgIpc) is 3.57. The first-order valence-corrected chi connectivity index (χ1v) is 11.5. The van der Waals surface area contributed by atoms with Crippen molar-refractivity contribution in [2.24, 2.45) is 5.92 Å². The Kier molecular flexibility index (Phi) is 6.38. The summed E-state index contributed by atoms with van der Waals surface area (Å²) in [5.41, 5.74) is 2.78. The number of aromatic nitrogens is 2. The molecule has 9 heteroatoms. The van der Waals surface area contributed by atoms with Crippen molar-refractivity contribution in [1.82, 2.24) is 14.3 Å². The smallest absolute Gasteiger partial charge is 0.257 e. The van der Waals surface area contributed by atoms with E-state index in [-0.39, 0.29) is 24.3 Å². The van der Waals surface area contributed by atoms with Crippen molar-refractivity contribution in [3.8, 4) is 11.5 Å². The van der Waals surface area contributed by atoms with Crippen molar-refractivity contribution in [2.45, 2.75) is 19.4 Å². The molecule has 1 aromatic carbocycles. The molecule has 1 aliphatic rings. The van der Waals surface area contributed by atoms with Gasteiger partial charge < -0.3 is 28.5 Å². The normalized spacial score (nSPS) is 14.1. The molecule has 1 fully saturated rings. The molecule has 35 heavy (non-hydrogen) atoms. The third-order valence-corrected chi connectivity index (χ3v) is 6.14. The molecule has 0 radical (unpaired) electrons. The highest BCUT2D eigenvalue weighted by atomic mass is 16.5. The fourth-order valence-corrected chi connectivity index (χ4v) is 4.23. The minimum absolute atomic E-state index is 0.0693. The zero-order valence-electron chi connectivity index (χ0n) is 19.3. The highest BCUT2D eigenvalue weighted by Crippen LogP contribution is 2.31. The number of likely N-dealkylation sites (tertiary alicyclic amines) is 1. The maximum atomic E-state index is 12.9. The zero-order valence-corrected chi connectivity index (χ0v) is 19.3. The van der Waals surface area contributed by atoms with Crippen molar-refractivity contribution in [3.05, 3.63) is 78.6 Å². The number of ether oxygens (including phenoxy) is 2. The number of methoxy groups -OCH3 is 1. The number of pyridine rings is 1. The number of nitrogens with zero attached hydrogens (tertiary/aromatic N) is 3. The van der Waals surface area contributed by atoms with Crippen LogP contribution in [0.1, 0.15) is 28.9 Å². The molecule has 1 saturated heterocycles. The van der Waals surface area contributed by atoms with E-state index in [0.29, 0.717) is 48.7 Å². The van der Waals surface area contributed by atoms with E-state index in [1.165, 1.54) is 12.5 Å². The highest BCUT2D eigenvalue weighted by Gasteiger charge is 2.28. The van der Waals surface area contributed by atoms with E-state index in [2.05, 4.69) is 10.3 Å². The third-order valence-electron chi connectivity index (χ3n) is 6.14. The first-order chi connectivity index (χ1) is 17.1. The number of fused-ring (bicyclic) bond motifs is 1. The number of imidazole rings is 1. The van der Waals surface area contributed by atoms with Crippen molar-refractivity contribution in [2.75, 3.05) is 25.5 Å². The third kappa shape index (κ3) is 4.98. The molecule has 180 valence electrons. The van der Waals surface area contributed by atoms with Crippen LogP contribution in [-0.4, -0.2) is 46.3 Å².